The van der Waals surface area contributed by atoms with E-state index in [9.17, 15) is 121 Å². The minimum absolute atomic E-state index is 0. The van der Waals surface area contributed by atoms with E-state index in [0.717, 1.165) is 31.2 Å². The van der Waals surface area contributed by atoms with Crippen molar-refractivity contribution in [2.75, 3.05) is 31.7 Å². The first-order valence-electron chi connectivity index (χ1n) is 30.1. The fraction of sp³-hybridized carbons (Fsp3) is 0.483. The second kappa shape index (κ2) is 34.3. The normalized spacial score (nSPS) is 30.6. The van der Waals surface area contributed by atoms with Crippen molar-refractivity contribution < 1.29 is 209 Å². The smallest absolute Gasteiger partial charge is 0.754 e. The first kappa shape index (κ1) is 82.9. The number of aromatic nitrogens is 2. The number of ketones is 2. The van der Waals surface area contributed by atoms with Crippen molar-refractivity contribution in [3.8, 4) is 11.1 Å². The van der Waals surface area contributed by atoms with Gasteiger partial charge in [0.25, 0.3) is 23.2 Å². The standard InChI is InChI=1S/C60H70N5O32S2.2Na/c1-23(69)16-30-33(70)18-60(58(82)83,96-49(30)44(75)35(72)20-66)97-53-45(76)36(21-67)93-57(48(53)79)94-50-37(22-68)92-52(42(65-54(80)32-17-40(73)64-59(84)63-32)51(50)95-56-47(78)46(77)43(74)24(2)91-56)55(81)62-28-12-10-26(11-13-28)25-6-8-27(9-7-25)34(71)19-61-31-14-15-38(98(85,86)87)29-4-3-5-39(41(29)31)99(88,89)90;;/h4-15,17,24,30,33,35-37,42-53,56-57,61,66-68,70,72,74-79H,16,18-22H2,1-2H3,(H,62,81)(H,65,80)(H,82,83)(H,85,86,87)(H,88,89,90)(H2,63,64,73,84);;/q-1;2*+1/p-1/t24?,30-,33+,35?,36-,37?,42?,43+,44?,45-,46-,47?,48?,49?,50+,51-,52-,53?,56+,57-,60+;;/m1../s1. The van der Waals surface area contributed by atoms with Crippen molar-refractivity contribution in [2.45, 2.75) is 159 Å². The van der Waals surface area contributed by atoms with Gasteiger partial charge >= 0.3 is 70.8 Å². The Labute approximate surface area is 615 Å². The Morgan fingerprint density at radius 1 is 0.752 bits per heavy atom. The molecule has 4 aliphatic heterocycles. The predicted molar refractivity (Wildman–Crippen MR) is 323 cm³/mol. The first-order chi connectivity index (χ1) is 46.6. The quantitative estimate of drug-likeness (QED) is 0.00848. The number of ether oxygens (including phenoxy) is 7. The number of carboxylic acids is 1. The van der Waals surface area contributed by atoms with Gasteiger partial charge in [0, 0.05) is 41.0 Å². The van der Waals surface area contributed by atoms with E-state index in [4.69, 9.17) is 33.2 Å². The number of fused-ring (bicyclic) bond motifs is 1. The number of amides is 2. The van der Waals surface area contributed by atoms with E-state index >= 15 is 0 Å². The minimum Gasteiger partial charge on any atom is -0.754 e. The number of nitrogens with one attached hydrogen (secondary N) is 4. The largest absolute Gasteiger partial charge is 1.00 e. The van der Waals surface area contributed by atoms with Gasteiger partial charge in [-0.25, -0.2) is 18.0 Å². The van der Waals surface area contributed by atoms with Crippen molar-refractivity contribution in [3.63, 3.8) is 0 Å². The van der Waals surface area contributed by atoms with Crippen LogP contribution >= 0.6 is 0 Å². The van der Waals surface area contributed by atoms with Crippen LogP contribution in [0.3, 0.4) is 0 Å². The molecule has 41 heteroatoms. The summed E-state index contributed by atoms with van der Waals surface area (Å²) in [6.07, 6.45) is -39.7. The molecule has 21 atom stereocenters. The van der Waals surface area contributed by atoms with Crippen LogP contribution in [0.15, 0.2) is 98.2 Å². The number of hydrogen-bond acceptors (Lipinski definition) is 31. The Morgan fingerprint density at radius 3 is 1.95 bits per heavy atom. The number of carbonyl (C=O) groups is 5. The number of nitrogens with two attached hydrogens (primary N) is 1. The molecule has 4 aliphatic rings. The van der Waals surface area contributed by atoms with Crippen LogP contribution in [0.4, 0.5) is 11.4 Å². The second-order valence-corrected chi connectivity index (χ2v) is 26.5. The summed E-state index contributed by atoms with van der Waals surface area (Å²) in [7, 11) is -10.4. The molecule has 101 heavy (non-hydrogen) atoms. The number of aliphatic hydroxyl groups excluding tert-OH is 11. The predicted octanol–water partition coefficient (Wildman–Crippen LogP) is -13.3. The average molecular weight is 1480 g/mol. The minimum atomic E-state index is -5.25. The summed E-state index contributed by atoms with van der Waals surface area (Å²) >= 11 is 0. The van der Waals surface area contributed by atoms with Gasteiger partial charge in [-0.05, 0) is 53.5 Å². The van der Waals surface area contributed by atoms with Crippen molar-refractivity contribution in [2.24, 2.45) is 5.92 Å². The third kappa shape index (κ3) is 18.5. The van der Waals surface area contributed by atoms with E-state index in [1.807, 2.05) is 4.98 Å². The number of carboxylic acid groups (broad SMARTS) is 1. The zero-order valence-electron chi connectivity index (χ0n) is 53.7. The zero-order chi connectivity index (χ0) is 72.5. The number of carbonyl (C=O) groups excluding carboxylic acids is 4. The fourth-order valence-electron chi connectivity index (χ4n) is 12.1. The van der Waals surface area contributed by atoms with E-state index in [2.05, 4.69) is 21.7 Å². The Balaban J connectivity index is 0.00000716. The van der Waals surface area contributed by atoms with Gasteiger partial charge in [0.2, 0.25) is 5.78 Å². The first-order valence-corrected chi connectivity index (χ1v) is 33.0. The van der Waals surface area contributed by atoms with Crippen molar-refractivity contribution >= 4 is 71.7 Å². The summed E-state index contributed by atoms with van der Waals surface area (Å²) in [5.74, 6) is -10.6. The molecule has 18 N–H and O–H groups in total. The Kier molecular flexibility index (Phi) is 28.1. The summed E-state index contributed by atoms with van der Waals surface area (Å²) < 4.78 is 114. The molecule has 9 rings (SSSR count). The SMILES string of the molecule is CC(=O)C[C@H]1C(C(O)C(O)CO)O[C@@](OC2C(O)[C@@H](O[C@H]3C(CO)O[C@@H](C(=O)Nc4ccc(-c5ccc(C(=O)C[NH2+]c6ccc(S(=O)(=O)[O-])c7c[c-]cc(S(=O)(=O)[O-])c67)cc5)cc4)C(NC(=O)c4cc(=O)[nH]c(=O)[nH]4)[C@H]3O[C@@H]3OC(C)[C@H](O)[C@@H](O)C3O)O[C@H](CO)[C@H]2O)(C(=O)O)C[C@@H]1O.[Na+].[Na+]. The maximum Gasteiger partial charge on any atom is 1.00 e. The molecular weight excluding hydrogens is 1410 g/mol. The van der Waals surface area contributed by atoms with Gasteiger partial charge in [0.05, 0.1) is 54.3 Å². The molecule has 540 valence electrons. The van der Waals surface area contributed by atoms with Crippen molar-refractivity contribution in [1.29, 1.82) is 0 Å². The molecule has 1 aromatic heterocycles. The van der Waals surface area contributed by atoms with Gasteiger partial charge in [-0.1, -0.05) is 42.5 Å². The summed E-state index contributed by atoms with van der Waals surface area (Å²) in [6.45, 7) is -1.69. The molecule has 0 aliphatic carbocycles. The van der Waals surface area contributed by atoms with Gasteiger partial charge in [-0.15, -0.1) is 5.39 Å². The maximum absolute atomic E-state index is 14.9. The number of quaternary nitrogens is 1. The van der Waals surface area contributed by atoms with Crippen LogP contribution in [0.25, 0.3) is 21.9 Å². The number of benzene rings is 4. The van der Waals surface area contributed by atoms with Crippen LogP contribution in [0.5, 0.6) is 0 Å². The number of aromatic amines is 2. The third-order valence-electron chi connectivity index (χ3n) is 17.1. The van der Waals surface area contributed by atoms with E-state index in [1.165, 1.54) is 60.8 Å². The number of Topliss-reactive ketones (excluding diaryl/α,β-unsaturated/α-hetero) is 2. The molecule has 4 fully saturated rings. The topological polar surface area (TPSA) is 614 Å². The molecule has 2 amide bonds. The van der Waals surface area contributed by atoms with Crippen LogP contribution in [0.1, 0.15) is 47.5 Å². The zero-order valence-corrected chi connectivity index (χ0v) is 59.4. The van der Waals surface area contributed by atoms with Gasteiger partial charge < -0.3 is 129 Å². The molecule has 4 saturated heterocycles. The van der Waals surface area contributed by atoms with Gasteiger partial charge in [0.15, 0.2) is 18.7 Å². The van der Waals surface area contributed by atoms with E-state index in [0.29, 0.717) is 17.2 Å². The molecular formula is C60H69N5Na2O32S2. The molecule has 5 heterocycles. The number of hydrogen-bond donors (Lipinski definition) is 17. The summed E-state index contributed by atoms with van der Waals surface area (Å²) in [4.78, 5) is 95.6. The molecule has 4 aromatic carbocycles. The van der Waals surface area contributed by atoms with Crippen LogP contribution in [-0.2, 0) is 67.8 Å². The molecule has 9 unspecified atom stereocenters. The fourth-order valence-corrected chi connectivity index (χ4v) is 13.5. The van der Waals surface area contributed by atoms with Gasteiger partial charge in [-0.2, -0.15) is 18.2 Å². The average Bonchev–Trinajstić information content (AvgIpc) is 0.761. The number of H-pyrrole nitrogens is 2. The molecule has 5 aromatic rings. The molecule has 0 radical (unpaired) electrons. The summed E-state index contributed by atoms with van der Waals surface area (Å²) in [6, 6.07) is 16.3. The van der Waals surface area contributed by atoms with Crippen molar-refractivity contribution in [1.82, 2.24) is 15.3 Å². The number of aliphatic carboxylic acids is 1. The molecule has 0 spiro atoms. The Hall–Kier alpha value is -5.37. The van der Waals surface area contributed by atoms with Crippen LogP contribution in [0, 0.1) is 12.0 Å². The van der Waals surface area contributed by atoms with E-state index in [-0.39, 0.29) is 76.1 Å². The van der Waals surface area contributed by atoms with Gasteiger partial charge in [0.1, 0.15) is 107 Å². The van der Waals surface area contributed by atoms with Crippen LogP contribution < -0.4 is 86.3 Å². The Morgan fingerprint density at radius 2 is 1.37 bits per heavy atom. The van der Waals surface area contributed by atoms with E-state index < -0.39 is 254 Å². The molecule has 0 bridgehead atoms. The third-order valence-corrected chi connectivity index (χ3v) is 18.9. The van der Waals surface area contributed by atoms with Crippen LogP contribution in [0.2, 0.25) is 0 Å². The maximum atomic E-state index is 14.9. The number of anilines is 1. The molecule has 37 nitrogen and oxygen atoms in total. The second-order valence-electron chi connectivity index (χ2n) is 23.8. The number of rotatable bonds is 25. The Bertz CT molecular complexity index is 4130. The van der Waals surface area contributed by atoms with E-state index in [1.54, 1.807) is 0 Å². The monoisotopic (exact) mass is 1480 g/mol. The molecule has 0 saturated carbocycles. The summed E-state index contributed by atoms with van der Waals surface area (Å²) in [5, 5.41) is 137. The van der Waals surface area contributed by atoms with Crippen LogP contribution in [-0.4, -0.2) is 275 Å². The van der Waals surface area contributed by atoms with Gasteiger partial charge in [-0.3, -0.25) is 32.6 Å². The summed E-state index contributed by atoms with van der Waals surface area (Å²) in [5.41, 5.74) is -2.09. The van der Waals surface area contributed by atoms with Crippen molar-refractivity contribution in [3.05, 3.63) is 117 Å². The number of aliphatic hydroxyl groups is 11.